The molecule has 0 amide bonds. The number of nitrogen functional groups attached to an aromatic ring is 1. The van der Waals surface area contributed by atoms with Crippen molar-refractivity contribution >= 4 is 44.7 Å². The van der Waals surface area contributed by atoms with Gasteiger partial charge < -0.3 is 11.1 Å². The number of ketones is 1. The minimum absolute atomic E-state index is 0.000614. The van der Waals surface area contributed by atoms with Crippen molar-refractivity contribution in [3.63, 3.8) is 0 Å². The maximum Gasteiger partial charge on any atom is 0.255 e. The predicted molar refractivity (Wildman–Crippen MR) is 92.6 cm³/mol. The van der Waals surface area contributed by atoms with E-state index in [1.807, 2.05) is 0 Å². The van der Waals surface area contributed by atoms with Crippen LogP contribution in [-0.2, 0) is 0 Å². The lowest BCUT2D eigenvalue weighted by atomic mass is 9.96. The summed E-state index contributed by atoms with van der Waals surface area (Å²) < 4.78 is 38.3. The first-order chi connectivity index (χ1) is 11.8. The van der Waals surface area contributed by atoms with Crippen molar-refractivity contribution in [2.24, 2.45) is 0 Å². The number of nitrogens with zero attached hydrogens (tertiary/aromatic N) is 1. The Morgan fingerprint density at radius 1 is 1.40 bits per heavy atom. The van der Waals surface area contributed by atoms with Gasteiger partial charge in [0.05, 0.1) is 34.1 Å². The van der Waals surface area contributed by atoms with Gasteiger partial charge in [-0.1, -0.05) is 11.6 Å². The van der Waals surface area contributed by atoms with Gasteiger partial charge in [-0.3, -0.25) is 4.79 Å². The second-order valence-corrected chi connectivity index (χ2v) is 6.17. The van der Waals surface area contributed by atoms with E-state index < -0.39 is 24.6 Å². The SMILES string of the molecule is N#Cc1c(N)c(NCC(F)F)cc(Br)c1C(=O)c1cc(F)ccc1Cl. The Balaban J connectivity index is 2.58. The quantitative estimate of drug-likeness (QED) is 0.534. The number of benzene rings is 2. The maximum absolute atomic E-state index is 13.4. The summed E-state index contributed by atoms with van der Waals surface area (Å²) >= 11 is 9.06. The molecule has 0 atom stereocenters. The highest BCUT2D eigenvalue weighted by Gasteiger charge is 2.24. The van der Waals surface area contributed by atoms with E-state index in [9.17, 15) is 23.2 Å². The number of alkyl halides is 2. The van der Waals surface area contributed by atoms with Crippen LogP contribution in [0.25, 0.3) is 0 Å². The molecule has 0 fully saturated rings. The number of nitriles is 1. The third-order valence-electron chi connectivity index (χ3n) is 3.28. The van der Waals surface area contributed by atoms with E-state index in [2.05, 4.69) is 21.2 Å². The molecular weight excluding hydrogens is 423 g/mol. The standard InChI is InChI=1S/C16H10BrClF3N3O/c17-10-4-12(24-6-13(20)21)15(23)9(5-22)14(10)16(25)8-3-7(19)1-2-11(8)18/h1-4,13,24H,6,23H2. The molecule has 0 unspecified atom stereocenters. The summed E-state index contributed by atoms with van der Waals surface area (Å²) in [5, 5.41) is 11.8. The number of halogens is 5. The van der Waals surface area contributed by atoms with E-state index in [1.165, 1.54) is 12.1 Å². The summed E-state index contributed by atoms with van der Waals surface area (Å²) in [4.78, 5) is 12.7. The number of hydrogen-bond donors (Lipinski definition) is 2. The molecule has 0 saturated carbocycles. The molecule has 0 aliphatic carbocycles. The third kappa shape index (κ3) is 4.06. The van der Waals surface area contributed by atoms with Gasteiger partial charge in [-0.05, 0) is 40.2 Å². The number of rotatable bonds is 5. The predicted octanol–water partition coefficient (Wildman–Crippen LogP) is 4.60. The molecule has 2 aromatic rings. The highest BCUT2D eigenvalue weighted by molar-refractivity contribution is 9.10. The van der Waals surface area contributed by atoms with Crippen LogP contribution < -0.4 is 11.1 Å². The van der Waals surface area contributed by atoms with Gasteiger partial charge in [-0.15, -0.1) is 0 Å². The minimum Gasteiger partial charge on any atom is -0.396 e. The Hall–Kier alpha value is -2.24. The minimum atomic E-state index is -2.63. The topological polar surface area (TPSA) is 78.9 Å². The molecule has 2 aromatic carbocycles. The van der Waals surface area contributed by atoms with Crippen LogP contribution >= 0.6 is 27.5 Å². The summed E-state index contributed by atoms with van der Waals surface area (Å²) in [5.74, 6) is -1.40. The average molecular weight is 433 g/mol. The van der Waals surface area contributed by atoms with Crippen molar-refractivity contribution in [3.8, 4) is 6.07 Å². The molecule has 3 N–H and O–H groups in total. The largest absolute Gasteiger partial charge is 0.396 e. The Morgan fingerprint density at radius 3 is 2.68 bits per heavy atom. The lowest BCUT2D eigenvalue weighted by Gasteiger charge is -2.15. The van der Waals surface area contributed by atoms with E-state index >= 15 is 0 Å². The van der Waals surface area contributed by atoms with E-state index in [-0.39, 0.29) is 37.6 Å². The molecule has 9 heteroatoms. The normalized spacial score (nSPS) is 10.6. The molecule has 130 valence electrons. The number of carbonyl (C=O) groups is 1. The average Bonchev–Trinajstić information content (AvgIpc) is 2.56. The van der Waals surface area contributed by atoms with Crippen LogP contribution in [0.1, 0.15) is 21.5 Å². The van der Waals surface area contributed by atoms with Crippen LogP contribution in [-0.4, -0.2) is 18.8 Å². The maximum atomic E-state index is 13.4. The van der Waals surface area contributed by atoms with Crippen LogP contribution in [0.2, 0.25) is 5.02 Å². The van der Waals surface area contributed by atoms with Crippen molar-refractivity contribution in [1.82, 2.24) is 0 Å². The Bertz CT molecular complexity index is 884. The Kier molecular flexibility index (Phi) is 5.93. The van der Waals surface area contributed by atoms with Crippen LogP contribution in [0, 0.1) is 17.1 Å². The van der Waals surface area contributed by atoms with Gasteiger partial charge in [-0.2, -0.15) is 5.26 Å². The van der Waals surface area contributed by atoms with E-state index in [4.69, 9.17) is 17.3 Å². The number of nitrogens with one attached hydrogen (secondary N) is 1. The summed E-state index contributed by atoms with van der Waals surface area (Å²) in [6.45, 7) is -0.676. The molecule has 0 aliphatic rings. The van der Waals surface area contributed by atoms with Gasteiger partial charge in [0.25, 0.3) is 6.43 Å². The molecular formula is C16H10BrClF3N3O. The summed E-state index contributed by atoms with van der Waals surface area (Å²) in [6, 6.07) is 6.33. The lowest BCUT2D eigenvalue weighted by molar-refractivity contribution is 0.103. The molecule has 0 heterocycles. The first-order valence-corrected chi connectivity index (χ1v) is 7.97. The highest BCUT2D eigenvalue weighted by Crippen LogP contribution is 2.35. The van der Waals surface area contributed by atoms with Crippen molar-refractivity contribution in [3.05, 3.63) is 56.3 Å². The van der Waals surface area contributed by atoms with Crippen molar-refractivity contribution in [2.45, 2.75) is 6.43 Å². The molecule has 2 rings (SSSR count). The van der Waals surface area contributed by atoms with Crippen molar-refractivity contribution < 1.29 is 18.0 Å². The van der Waals surface area contributed by atoms with Gasteiger partial charge >= 0.3 is 0 Å². The van der Waals surface area contributed by atoms with Crippen LogP contribution in [0.5, 0.6) is 0 Å². The number of carbonyl (C=O) groups excluding carboxylic acids is 1. The number of hydrogen-bond acceptors (Lipinski definition) is 4. The third-order valence-corrected chi connectivity index (χ3v) is 4.23. The van der Waals surface area contributed by atoms with E-state index in [1.54, 1.807) is 6.07 Å². The van der Waals surface area contributed by atoms with E-state index in [0.29, 0.717) is 0 Å². The van der Waals surface area contributed by atoms with Gasteiger partial charge in [0.1, 0.15) is 11.9 Å². The van der Waals surface area contributed by atoms with Crippen LogP contribution in [0.4, 0.5) is 24.5 Å². The molecule has 0 aliphatic heterocycles. The van der Waals surface area contributed by atoms with Crippen molar-refractivity contribution in [1.29, 1.82) is 5.26 Å². The first kappa shape index (κ1) is 19.1. The monoisotopic (exact) mass is 431 g/mol. The molecule has 0 radical (unpaired) electrons. The zero-order valence-electron chi connectivity index (χ0n) is 12.4. The fraction of sp³-hybridized carbons (Fsp3) is 0.125. The molecule has 0 saturated heterocycles. The van der Waals surface area contributed by atoms with Gasteiger partial charge in [0, 0.05) is 10.0 Å². The zero-order chi connectivity index (χ0) is 18.7. The molecule has 25 heavy (non-hydrogen) atoms. The van der Waals surface area contributed by atoms with Crippen LogP contribution in [0.3, 0.4) is 0 Å². The Morgan fingerprint density at radius 2 is 2.08 bits per heavy atom. The second kappa shape index (κ2) is 7.76. The number of anilines is 2. The molecule has 4 nitrogen and oxygen atoms in total. The summed E-state index contributed by atoms with van der Waals surface area (Å²) in [5.41, 5.74) is 5.23. The molecule has 0 aromatic heterocycles. The van der Waals surface area contributed by atoms with Gasteiger partial charge in [-0.25, -0.2) is 13.2 Å². The number of nitrogens with two attached hydrogens (primary N) is 1. The second-order valence-electron chi connectivity index (χ2n) is 4.91. The van der Waals surface area contributed by atoms with E-state index in [0.717, 1.165) is 12.1 Å². The smallest absolute Gasteiger partial charge is 0.255 e. The summed E-state index contributed by atoms with van der Waals surface area (Å²) in [7, 11) is 0. The van der Waals surface area contributed by atoms with Gasteiger partial charge in [0.15, 0.2) is 5.78 Å². The fourth-order valence-electron chi connectivity index (χ4n) is 2.14. The Labute approximate surface area is 154 Å². The molecule has 0 spiro atoms. The zero-order valence-corrected chi connectivity index (χ0v) is 14.8. The van der Waals surface area contributed by atoms with Gasteiger partial charge in [0.2, 0.25) is 0 Å². The lowest BCUT2D eigenvalue weighted by Crippen LogP contribution is -2.14. The van der Waals surface area contributed by atoms with Crippen molar-refractivity contribution in [2.75, 3.05) is 17.6 Å². The highest BCUT2D eigenvalue weighted by atomic mass is 79.9. The summed E-state index contributed by atoms with van der Waals surface area (Å²) in [6.07, 6.45) is -2.63. The van der Waals surface area contributed by atoms with Crippen LogP contribution in [0.15, 0.2) is 28.7 Å². The first-order valence-electron chi connectivity index (χ1n) is 6.80. The fourth-order valence-corrected chi connectivity index (χ4v) is 2.95. The molecule has 0 bridgehead atoms.